The molecule has 2 nitrogen and oxygen atoms in total. The van der Waals surface area contributed by atoms with E-state index in [2.05, 4.69) is 75.4 Å². The van der Waals surface area contributed by atoms with Crippen LogP contribution in [0.15, 0.2) is 30.3 Å². The van der Waals surface area contributed by atoms with Crippen LogP contribution in [0.4, 0.5) is 0 Å². The molecule has 0 bridgehead atoms. The van der Waals surface area contributed by atoms with Crippen LogP contribution in [0.1, 0.15) is 38.7 Å². The van der Waals surface area contributed by atoms with E-state index in [4.69, 9.17) is 0 Å². The maximum Gasteiger partial charge on any atom is 0.0271 e. The fourth-order valence-electron chi connectivity index (χ4n) is 1.82. The van der Waals surface area contributed by atoms with Crippen molar-refractivity contribution < 1.29 is 0 Å². The molecular formula is C16H28N2. The smallest absolute Gasteiger partial charge is 0.0271 e. The van der Waals surface area contributed by atoms with E-state index in [-0.39, 0.29) is 5.54 Å². The first-order valence-electron chi connectivity index (χ1n) is 6.86. The molecule has 1 aromatic carbocycles. The summed E-state index contributed by atoms with van der Waals surface area (Å²) in [5.41, 5.74) is 1.65. The summed E-state index contributed by atoms with van der Waals surface area (Å²) in [6.07, 6.45) is 1.19. The fraction of sp³-hybridized carbons (Fsp3) is 0.625. The van der Waals surface area contributed by atoms with Gasteiger partial charge in [0.1, 0.15) is 0 Å². The van der Waals surface area contributed by atoms with E-state index in [1.807, 2.05) is 0 Å². The summed E-state index contributed by atoms with van der Waals surface area (Å²) in [5.74, 6) is 0.626. The molecule has 0 amide bonds. The summed E-state index contributed by atoms with van der Waals surface area (Å²) in [6, 6.07) is 10.7. The summed E-state index contributed by atoms with van der Waals surface area (Å²) >= 11 is 0. The Morgan fingerprint density at radius 2 is 1.78 bits per heavy atom. The van der Waals surface area contributed by atoms with E-state index in [1.165, 1.54) is 12.0 Å². The summed E-state index contributed by atoms with van der Waals surface area (Å²) in [5, 5.41) is 3.57. The molecule has 0 saturated heterocycles. The molecule has 0 aliphatic rings. The fourth-order valence-corrected chi connectivity index (χ4v) is 1.82. The highest BCUT2D eigenvalue weighted by Gasteiger charge is 2.19. The summed E-state index contributed by atoms with van der Waals surface area (Å²) in [6.45, 7) is 8.93. The van der Waals surface area contributed by atoms with E-state index in [1.54, 1.807) is 0 Å². The van der Waals surface area contributed by atoms with Gasteiger partial charge in [-0.15, -0.1) is 0 Å². The summed E-state index contributed by atoms with van der Waals surface area (Å²) in [4.78, 5) is 2.26. The van der Waals surface area contributed by atoms with E-state index >= 15 is 0 Å². The molecule has 0 saturated carbocycles. The number of rotatable bonds is 7. The number of nitrogens with one attached hydrogen (secondary N) is 1. The van der Waals surface area contributed by atoms with Crippen LogP contribution >= 0.6 is 0 Å². The van der Waals surface area contributed by atoms with Crippen molar-refractivity contribution in [1.29, 1.82) is 0 Å². The summed E-state index contributed by atoms with van der Waals surface area (Å²) < 4.78 is 0. The topological polar surface area (TPSA) is 15.3 Å². The highest BCUT2D eigenvalue weighted by atomic mass is 15.2. The Balaban J connectivity index is 2.27. The Kier molecular flexibility index (Phi) is 5.83. The molecule has 1 N–H and O–H groups in total. The van der Waals surface area contributed by atoms with Gasteiger partial charge >= 0.3 is 0 Å². The number of likely N-dealkylation sites (N-methyl/N-ethyl adjacent to an activating group) is 1. The van der Waals surface area contributed by atoms with Gasteiger partial charge in [0.15, 0.2) is 0 Å². The second-order valence-electron chi connectivity index (χ2n) is 5.98. The van der Waals surface area contributed by atoms with Crippen LogP contribution < -0.4 is 5.32 Å². The quantitative estimate of drug-likeness (QED) is 0.746. The zero-order valence-corrected chi connectivity index (χ0v) is 12.5. The predicted molar refractivity (Wildman–Crippen MR) is 80.1 cm³/mol. The van der Waals surface area contributed by atoms with Crippen LogP contribution in [0.5, 0.6) is 0 Å². The van der Waals surface area contributed by atoms with Gasteiger partial charge in [0.25, 0.3) is 0 Å². The monoisotopic (exact) mass is 248 g/mol. The average Bonchev–Trinajstić information content (AvgIpc) is 2.35. The van der Waals surface area contributed by atoms with Gasteiger partial charge in [0, 0.05) is 12.1 Å². The van der Waals surface area contributed by atoms with Crippen LogP contribution in [-0.4, -0.2) is 37.6 Å². The van der Waals surface area contributed by atoms with Gasteiger partial charge in [-0.3, -0.25) is 0 Å². The van der Waals surface area contributed by atoms with Crippen molar-refractivity contribution in [3.63, 3.8) is 0 Å². The molecule has 0 fully saturated rings. The normalized spacial score (nSPS) is 13.9. The molecule has 2 heteroatoms. The van der Waals surface area contributed by atoms with Crippen LogP contribution in [0.3, 0.4) is 0 Å². The largest absolute Gasteiger partial charge is 0.315 e. The molecule has 1 aromatic rings. The minimum atomic E-state index is 0.218. The predicted octanol–water partition coefficient (Wildman–Crippen LogP) is 3.11. The highest BCUT2D eigenvalue weighted by Crippen LogP contribution is 2.17. The van der Waals surface area contributed by atoms with Crippen molar-refractivity contribution in [2.75, 3.05) is 27.2 Å². The molecule has 1 atom stereocenters. The van der Waals surface area contributed by atoms with Crippen LogP contribution in [0.25, 0.3) is 0 Å². The maximum atomic E-state index is 3.57. The second-order valence-corrected chi connectivity index (χ2v) is 5.98. The zero-order chi connectivity index (χ0) is 13.6. The molecule has 1 unspecified atom stereocenters. The van der Waals surface area contributed by atoms with Crippen molar-refractivity contribution in [3.8, 4) is 0 Å². The molecule has 0 aliphatic heterocycles. The molecule has 102 valence electrons. The van der Waals surface area contributed by atoms with E-state index in [9.17, 15) is 0 Å². The Bertz CT molecular complexity index is 330. The molecule has 0 radical (unpaired) electrons. The van der Waals surface area contributed by atoms with Crippen molar-refractivity contribution in [3.05, 3.63) is 35.9 Å². The average molecular weight is 248 g/mol. The number of benzene rings is 1. The minimum Gasteiger partial charge on any atom is -0.315 e. The van der Waals surface area contributed by atoms with Gasteiger partial charge in [0.05, 0.1) is 0 Å². The molecule has 1 rings (SSSR count). The Morgan fingerprint density at radius 3 is 2.33 bits per heavy atom. The lowest BCUT2D eigenvalue weighted by atomic mass is 9.97. The van der Waals surface area contributed by atoms with Gasteiger partial charge < -0.3 is 10.2 Å². The third-order valence-corrected chi connectivity index (χ3v) is 3.89. The van der Waals surface area contributed by atoms with Gasteiger partial charge in [-0.25, -0.2) is 0 Å². The van der Waals surface area contributed by atoms with Gasteiger partial charge in [-0.05, 0) is 52.4 Å². The first-order chi connectivity index (χ1) is 8.43. The van der Waals surface area contributed by atoms with Gasteiger partial charge in [-0.2, -0.15) is 0 Å². The van der Waals surface area contributed by atoms with Crippen LogP contribution in [0.2, 0.25) is 0 Å². The lowest BCUT2D eigenvalue weighted by molar-refractivity contribution is 0.190. The minimum absolute atomic E-state index is 0.218. The van der Waals surface area contributed by atoms with Crippen molar-refractivity contribution in [2.45, 2.75) is 38.6 Å². The number of hydrogen-bond donors (Lipinski definition) is 1. The lowest BCUT2D eigenvalue weighted by Crippen LogP contribution is -2.46. The highest BCUT2D eigenvalue weighted by molar-refractivity contribution is 5.18. The number of nitrogens with zero attached hydrogens (tertiary/aromatic N) is 1. The molecule has 18 heavy (non-hydrogen) atoms. The van der Waals surface area contributed by atoms with E-state index < -0.39 is 0 Å². The third kappa shape index (κ3) is 4.79. The Morgan fingerprint density at radius 1 is 1.17 bits per heavy atom. The number of hydrogen-bond acceptors (Lipinski definition) is 2. The van der Waals surface area contributed by atoms with Crippen molar-refractivity contribution in [1.82, 2.24) is 10.2 Å². The molecule has 0 aliphatic carbocycles. The van der Waals surface area contributed by atoms with Crippen LogP contribution in [-0.2, 0) is 0 Å². The molecular weight excluding hydrogens is 220 g/mol. The Hall–Kier alpha value is -0.860. The molecule has 0 aromatic heterocycles. The van der Waals surface area contributed by atoms with E-state index in [0.717, 1.165) is 13.1 Å². The first-order valence-corrected chi connectivity index (χ1v) is 6.86. The maximum absolute atomic E-state index is 3.57. The first kappa shape index (κ1) is 15.2. The summed E-state index contributed by atoms with van der Waals surface area (Å²) in [7, 11) is 4.27. The van der Waals surface area contributed by atoms with Gasteiger partial charge in [0.2, 0.25) is 0 Å². The standard InChI is InChI=1S/C16H28N2/c1-14(15-9-7-6-8-10-15)11-12-17-13-16(2,3)18(4)5/h6-10,14,17H,11-13H2,1-5H3. The Labute approximate surface area is 112 Å². The van der Waals surface area contributed by atoms with Crippen molar-refractivity contribution in [2.24, 2.45) is 0 Å². The second kappa shape index (κ2) is 6.91. The van der Waals surface area contributed by atoms with E-state index in [0.29, 0.717) is 5.92 Å². The van der Waals surface area contributed by atoms with Crippen LogP contribution in [0, 0.1) is 0 Å². The van der Waals surface area contributed by atoms with Crippen molar-refractivity contribution >= 4 is 0 Å². The third-order valence-electron chi connectivity index (χ3n) is 3.89. The molecule has 0 spiro atoms. The zero-order valence-electron chi connectivity index (χ0n) is 12.5. The lowest BCUT2D eigenvalue weighted by Gasteiger charge is -2.33. The van der Waals surface area contributed by atoms with Gasteiger partial charge in [-0.1, -0.05) is 37.3 Å². The molecule has 0 heterocycles. The SMILES string of the molecule is CC(CCNCC(C)(C)N(C)C)c1ccccc1.